The highest BCUT2D eigenvalue weighted by Gasteiger charge is 2.20. The van der Waals surface area contributed by atoms with Gasteiger partial charge in [0.05, 0.1) is 18.8 Å². The van der Waals surface area contributed by atoms with Gasteiger partial charge in [0.2, 0.25) is 5.91 Å². The maximum absolute atomic E-state index is 12.6. The number of carbonyl (C=O) groups excluding carboxylic acids is 1. The van der Waals surface area contributed by atoms with Crippen LogP contribution in [0.2, 0.25) is 0 Å². The standard InChI is InChI=1S/C78H145NO3/c1-3-5-7-9-11-13-15-17-19-21-23-25-27-29-31-33-34-35-36-37-38-39-40-41-42-43-44-46-48-50-52-54-56-58-60-62-64-66-68-70-72-74-78(82)79-76(75-80)77(81)73-71-69-67-65-63-61-59-57-55-53-51-49-47-45-32-30-28-26-24-22-20-18-16-14-12-10-8-6-4-2/h5,7,11,13,17,19,23,25,29,31,34-35,76-77,80-81H,3-4,6,8-10,12,14-16,18,20-22,24,26-28,30,32-33,36-75H2,1-2H3,(H,79,82)/b7-5-,13-11-,19-17-,25-23-,31-29-,35-34-. The van der Waals surface area contributed by atoms with Gasteiger partial charge < -0.3 is 15.5 Å². The van der Waals surface area contributed by atoms with Crippen LogP contribution in [0, 0.1) is 0 Å². The van der Waals surface area contributed by atoms with E-state index in [1.165, 1.54) is 308 Å². The molecular weight excluding hydrogens is 999 g/mol. The Kier molecular flexibility index (Phi) is 71.2. The lowest BCUT2D eigenvalue weighted by Gasteiger charge is -2.22. The summed E-state index contributed by atoms with van der Waals surface area (Å²) in [7, 11) is 0. The monoisotopic (exact) mass is 1140 g/mol. The van der Waals surface area contributed by atoms with E-state index < -0.39 is 12.1 Å². The number of aliphatic hydroxyl groups is 2. The molecule has 4 heteroatoms. The summed E-state index contributed by atoms with van der Waals surface area (Å²) in [5, 5.41) is 23.5. The normalized spacial score (nSPS) is 13.1. The first-order chi connectivity index (χ1) is 40.7. The Morgan fingerprint density at radius 3 is 0.805 bits per heavy atom. The molecule has 0 aliphatic rings. The molecule has 0 aromatic heterocycles. The minimum atomic E-state index is -0.662. The molecule has 0 radical (unpaired) electrons. The summed E-state index contributed by atoms with van der Waals surface area (Å²) >= 11 is 0. The third-order valence-corrected chi connectivity index (χ3v) is 17.2. The van der Waals surface area contributed by atoms with Gasteiger partial charge in [0, 0.05) is 6.42 Å². The van der Waals surface area contributed by atoms with Crippen molar-refractivity contribution < 1.29 is 15.0 Å². The molecule has 1 amide bonds. The zero-order chi connectivity index (χ0) is 59.1. The van der Waals surface area contributed by atoms with E-state index in [1.807, 2.05) is 0 Å². The van der Waals surface area contributed by atoms with Crippen LogP contribution in [-0.4, -0.2) is 34.9 Å². The highest BCUT2D eigenvalue weighted by atomic mass is 16.3. The van der Waals surface area contributed by atoms with Crippen molar-refractivity contribution in [1.29, 1.82) is 0 Å². The van der Waals surface area contributed by atoms with Crippen molar-refractivity contribution in [2.75, 3.05) is 6.61 Å². The van der Waals surface area contributed by atoms with E-state index in [1.54, 1.807) is 0 Å². The van der Waals surface area contributed by atoms with E-state index in [2.05, 4.69) is 92.1 Å². The molecule has 0 aliphatic carbocycles. The van der Waals surface area contributed by atoms with Gasteiger partial charge in [-0.3, -0.25) is 4.79 Å². The smallest absolute Gasteiger partial charge is 0.220 e. The molecule has 0 saturated heterocycles. The van der Waals surface area contributed by atoms with Gasteiger partial charge in [-0.15, -0.1) is 0 Å². The molecule has 480 valence electrons. The summed E-state index contributed by atoms with van der Waals surface area (Å²) in [6, 6.07) is -0.538. The number of amides is 1. The van der Waals surface area contributed by atoms with Crippen LogP contribution in [0.4, 0.5) is 0 Å². The van der Waals surface area contributed by atoms with Crippen molar-refractivity contribution in [2.45, 2.75) is 411 Å². The number of unbranched alkanes of at least 4 members (excludes halogenated alkanes) is 50. The first kappa shape index (κ1) is 79.8. The topological polar surface area (TPSA) is 69.6 Å². The molecule has 4 nitrogen and oxygen atoms in total. The van der Waals surface area contributed by atoms with Crippen molar-refractivity contribution in [3.63, 3.8) is 0 Å². The van der Waals surface area contributed by atoms with Gasteiger partial charge in [0.25, 0.3) is 0 Å². The first-order valence-electron chi connectivity index (χ1n) is 37.1. The highest BCUT2D eigenvalue weighted by Crippen LogP contribution is 2.20. The van der Waals surface area contributed by atoms with Crippen molar-refractivity contribution in [2.24, 2.45) is 0 Å². The molecule has 0 rings (SSSR count). The predicted molar refractivity (Wildman–Crippen MR) is 368 cm³/mol. The number of hydrogen-bond acceptors (Lipinski definition) is 3. The van der Waals surface area contributed by atoms with Gasteiger partial charge in [-0.05, 0) is 64.2 Å². The molecule has 0 bridgehead atoms. The molecule has 0 aromatic carbocycles. The second-order valence-electron chi connectivity index (χ2n) is 25.3. The van der Waals surface area contributed by atoms with E-state index in [0.717, 1.165) is 64.2 Å². The van der Waals surface area contributed by atoms with E-state index in [9.17, 15) is 15.0 Å². The first-order valence-corrected chi connectivity index (χ1v) is 37.1. The molecule has 2 atom stereocenters. The van der Waals surface area contributed by atoms with Crippen LogP contribution in [0.5, 0.6) is 0 Å². The molecular formula is C78H145NO3. The van der Waals surface area contributed by atoms with Gasteiger partial charge in [-0.2, -0.15) is 0 Å². The fourth-order valence-electron chi connectivity index (χ4n) is 11.7. The predicted octanol–water partition coefficient (Wildman–Crippen LogP) is 25.6. The van der Waals surface area contributed by atoms with E-state index in [4.69, 9.17) is 0 Å². The van der Waals surface area contributed by atoms with E-state index >= 15 is 0 Å². The number of hydrogen-bond donors (Lipinski definition) is 3. The van der Waals surface area contributed by atoms with Gasteiger partial charge in [0.1, 0.15) is 0 Å². The second kappa shape index (κ2) is 73.1. The molecule has 82 heavy (non-hydrogen) atoms. The van der Waals surface area contributed by atoms with Gasteiger partial charge in [0.15, 0.2) is 0 Å². The van der Waals surface area contributed by atoms with Crippen LogP contribution in [-0.2, 0) is 4.79 Å². The number of aliphatic hydroxyl groups excluding tert-OH is 2. The number of carbonyl (C=O) groups is 1. The third kappa shape index (κ3) is 68.6. The molecule has 0 aliphatic heterocycles. The lowest BCUT2D eigenvalue weighted by atomic mass is 10.0. The van der Waals surface area contributed by atoms with Gasteiger partial charge in [-0.1, -0.05) is 401 Å². The lowest BCUT2D eigenvalue weighted by Crippen LogP contribution is -2.45. The fraction of sp³-hybridized carbons (Fsp3) is 0.833. The van der Waals surface area contributed by atoms with Gasteiger partial charge in [-0.25, -0.2) is 0 Å². The van der Waals surface area contributed by atoms with Crippen LogP contribution in [0.3, 0.4) is 0 Å². The van der Waals surface area contributed by atoms with Crippen molar-refractivity contribution >= 4 is 5.91 Å². The average molecular weight is 1150 g/mol. The van der Waals surface area contributed by atoms with Gasteiger partial charge >= 0.3 is 0 Å². The zero-order valence-electron chi connectivity index (χ0n) is 55.5. The van der Waals surface area contributed by atoms with Crippen molar-refractivity contribution in [3.8, 4) is 0 Å². The van der Waals surface area contributed by atoms with Crippen LogP contribution in [0.1, 0.15) is 399 Å². The molecule has 0 saturated carbocycles. The molecule has 2 unspecified atom stereocenters. The summed E-state index contributed by atoms with van der Waals surface area (Å²) in [6.45, 7) is 4.29. The molecule has 0 aromatic rings. The minimum Gasteiger partial charge on any atom is -0.394 e. The quantitative estimate of drug-likeness (QED) is 0.0420. The summed E-state index contributed by atoms with van der Waals surface area (Å²) in [6.07, 6.45) is 106. The molecule has 0 heterocycles. The molecule has 0 spiro atoms. The molecule has 0 fully saturated rings. The number of allylic oxidation sites excluding steroid dienone is 12. The van der Waals surface area contributed by atoms with Crippen molar-refractivity contribution in [3.05, 3.63) is 72.9 Å². The Hall–Kier alpha value is -2.17. The maximum atomic E-state index is 12.6. The Morgan fingerprint density at radius 2 is 0.537 bits per heavy atom. The lowest BCUT2D eigenvalue weighted by molar-refractivity contribution is -0.123. The van der Waals surface area contributed by atoms with Crippen LogP contribution in [0.15, 0.2) is 72.9 Å². The Bertz CT molecular complexity index is 1390. The molecule has 3 N–H and O–H groups in total. The van der Waals surface area contributed by atoms with Crippen LogP contribution < -0.4 is 5.32 Å². The maximum Gasteiger partial charge on any atom is 0.220 e. The summed E-state index contributed by atoms with van der Waals surface area (Å²) in [4.78, 5) is 12.6. The van der Waals surface area contributed by atoms with E-state index in [-0.39, 0.29) is 12.5 Å². The summed E-state index contributed by atoms with van der Waals surface area (Å²) in [5.41, 5.74) is 0. The van der Waals surface area contributed by atoms with Crippen LogP contribution >= 0.6 is 0 Å². The largest absolute Gasteiger partial charge is 0.394 e. The Balaban J connectivity index is 3.40. The summed E-state index contributed by atoms with van der Waals surface area (Å²) in [5.74, 6) is -0.0237. The minimum absolute atomic E-state index is 0.0237. The SMILES string of the molecule is CC/C=C\C/C=C\C/C=C\C/C=C\C/C=C\C/C=C\CCCCCCCCCCCCCCCCCCCCCCCCC(=O)NC(CO)C(O)CCCCCCCCCCCCCCCCCCCCCCCCCCCCCCC. The van der Waals surface area contributed by atoms with E-state index in [0.29, 0.717) is 12.8 Å². The summed E-state index contributed by atoms with van der Waals surface area (Å²) < 4.78 is 0. The average Bonchev–Trinajstić information content (AvgIpc) is 3.50. The van der Waals surface area contributed by atoms with Crippen LogP contribution in [0.25, 0.3) is 0 Å². The highest BCUT2D eigenvalue weighted by molar-refractivity contribution is 5.76. The number of nitrogens with one attached hydrogen (secondary N) is 1. The zero-order valence-corrected chi connectivity index (χ0v) is 55.5. The van der Waals surface area contributed by atoms with Crippen molar-refractivity contribution in [1.82, 2.24) is 5.32 Å². The number of rotatable bonds is 69. The fourth-order valence-corrected chi connectivity index (χ4v) is 11.7. The third-order valence-electron chi connectivity index (χ3n) is 17.2. The Labute approximate surface area is 514 Å². The Morgan fingerprint density at radius 1 is 0.305 bits per heavy atom. The second-order valence-corrected chi connectivity index (χ2v) is 25.3.